The highest BCUT2D eigenvalue weighted by Gasteiger charge is 2.09. The van der Waals surface area contributed by atoms with Gasteiger partial charge >= 0.3 is 0 Å². The highest BCUT2D eigenvalue weighted by Crippen LogP contribution is 2.24. The van der Waals surface area contributed by atoms with Gasteiger partial charge in [0.2, 0.25) is 0 Å². The molecule has 0 aliphatic heterocycles. The summed E-state index contributed by atoms with van der Waals surface area (Å²) in [5, 5.41) is 2.54. The summed E-state index contributed by atoms with van der Waals surface area (Å²) < 4.78 is 2.25. The molecule has 2 heteroatoms. The van der Waals surface area contributed by atoms with E-state index in [0.29, 0.717) is 5.92 Å². The van der Waals surface area contributed by atoms with Gasteiger partial charge in [0.1, 0.15) is 5.65 Å². The molecule has 2 nitrogen and oxygen atoms in total. The van der Waals surface area contributed by atoms with E-state index in [9.17, 15) is 0 Å². The molecule has 3 rings (SSSR count). The molecule has 92 valence electrons. The molecule has 0 aliphatic carbocycles. The van der Waals surface area contributed by atoms with Crippen LogP contribution in [0.1, 0.15) is 25.1 Å². The molecular formula is C16H18N2. The summed E-state index contributed by atoms with van der Waals surface area (Å²) in [6, 6.07) is 8.49. The van der Waals surface area contributed by atoms with Crippen LogP contribution in [0.4, 0.5) is 0 Å². The number of hydrogen-bond acceptors (Lipinski definition) is 1. The topological polar surface area (TPSA) is 17.3 Å². The van der Waals surface area contributed by atoms with Crippen LogP contribution in [-0.4, -0.2) is 9.38 Å². The lowest BCUT2D eigenvalue weighted by atomic mass is 10.1. The molecule has 1 aromatic carbocycles. The third kappa shape index (κ3) is 1.69. The zero-order valence-electron chi connectivity index (χ0n) is 11.1. The third-order valence-electron chi connectivity index (χ3n) is 3.41. The minimum Gasteiger partial charge on any atom is -0.303 e. The maximum absolute atomic E-state index is 4.60. The van der Waals surface area contributed by atoms with E-state index in [1.165, 1.54) is 22.0 Å². The van der Waals surface area contributed by atoms with E-state index in [1.807, 2.05) is 6.20 Å². The van der Waals surface area contributed by atoms with Gasteiger partial charge in [0.25, 0.3) is 0 Å². The molecule has 0 N–H and O–H groups in total. The van der Waals surface area contributed by atoms with Crippen LogP contribution < -0.4 is 0 Å². The lowest BCUT2D eigenvalue weighted by molar-refractivity contribution is 0.632. The molecule has 0 unspecified atom stereocenters. The quantitative estimate of drug-likeness (QED) is 0.659. The Morgan fingerprint density at radius 2 is 1.89 bits per heavy atom. The maximum Gasteiger partial charge on any atom is 0.144 e. The smallest absolute Gasteiger partial charge is 0.144 e. The van der Waals surface area contributed by atoms with Crippen molar-refractivity contribution in [3.8, 4) is 0 Å². The zero-order chi connectivity index (χ0) is 12.7. The number of pyridine rings is 1. The summed E-state index contributed by atoms with van der Waals surface area (Å²) in [6.45, 7) is 6.65. The number of benzene rings is 1. The number of fused-ring (bicyclic) bond motifs is 3. The second kappa shape index (κ2) is 4.13. The Balaban J connectivity index is 2.34. The monoisotopic (exact) mass is 238 g/mol. The summed E-state index contributed by atoms with van der Waals surface area (Å²) in [6.07, 6.45) is 5.29. The average molecular weight is 238 g/mol. The Hall–Kier alpha value is -1.83. The van der Waals surface area contributed by atoms with Gasteiger partial charge in [0.05, 0.1) is 0 Å². The van der Waals surface area contributed by atoms with E-state index in [-0.39, 0.29) is 0 Å². The van der Waals surface area contributed by atoms with Crippen LogP contribution in [0.25, 0.3) is 16.4 Å². The van der Waals surface area contributed by atoms with E-state index < -0.39 is 0 Å². The fourth-order valence-electron chi connectivity index (χ4n) is 2.59. The van der Waals surface area contributed by atoms with Crippen molar-refractivity contribution < 1.29 is 0 Å². The van der Waals surface area contributed by atoms with Gasteiger partial charge in [0, 0.05) is 23.5 Å². The summed E-state index contributed by atoms with van der Waals surface area (Å²) in [5.41, 5.74) is 3.68. The van der Waals surface area contributed by atoms with Crippen molar-refractivity contribution in [2.24, 2.45) is 5.92 Å². The maximum atomic E-state index is 4.60. The van der Waals surface area contributed by atoms with Crippen molar-refractivity contribution in [2.75, 3.05) is 0 Å². The van der Waals surface area contributed by atoms with E-state index in [2.05, 4.69) is 60.6 Å². The number of rotatable bonds is 2. The van der Waals surface area contributed by atoms with Crippen molar-refractivity contribution in [1.82, 2.24) is 9.38 Å². The van der Waals surface area contributed by atoms with Crippen LogP contribution in [0.3, 0.4) is 0 Å². The zero-order valence-corrected chi connectivity index (χ0v) is 11.1. The van der Waals surface area contributed by atoms with Gasteiger partial charge in [-0.2, -0.15) is 0 Å². The van der Waals surface area contributed by atoms with Gasteiger partial charge in [-0.3, -0.25) is 0 Å². The molecule has 0 spiro atoms. The van der Waals surface area contributed by atoms with E-state index in [0.717, 1.165) is 12.1 Å². The Morgan fingerprint density at radius 1 is 1.17 bits per heavy atom. The number of nitrogens with zero attached hydrogens (tertiary/aromatic N) is 2. The summed E-state index contributed by atoms with van der Waals surface area (Å²) in [7, 11) is 0. The average Bonchev–Trinajstić information content (AvgIpc) is 2.72. The highest BCUT2D eigenvalue weighted by atomic mass is 15.0. The predicted octanol–water partition coefficient (Wildman–Crippen LogP) is 3.99. The molecule has 0 amide bonds. The first kappa shape index (κ1) is 11.3. The molecule has 3 aromatic rings. The lowest BCUT2D eigenvalue weighted by Crippen LogP contribution is -1.99. The van der Waals surface area contributed by atoms with Gasteiger partial charge < -0.3 is 4.40 Å². The Morgan fingerprint density at radius 3 is 2.61 bits per heavy atom. The Bertz CT molecular complexity index is 708. The summed E-state index contributed by atoms with van der Waals surface area (Å²) in [4.78, 5) is 4.60. The summed E-state index contributed by atoms with van der Waals surface area (Å²) in [5.74, 6) is 0.650. The van der Waals surface area contributed by atoms with Crippen LogP contribution in [0, 0.1) is 12.8 Å². The minimum absolute atomic E-state index is 0.650. The van der Waals surface area contributed by atoms with Crippen LogP contribution in [0.5, 0.6) is 0 Å². The van der Waals surface area contributed by atoms with Gasteiger partial charge in [0.15, 0.2) is 0 Å². The van der Waals surface area contributed by atoms with Gasteiger partial charge in [-0.25, -0.2) is 4.98 Å². The van der Waals surface area contributed by atoms with Gasteiger partial charge in [-0.15, -0.1) is 0 Å². The fraction of sp³-hybridized carbons (Fsp3) is 0.312. The molecular weight excluding hydrogens is 220 g/mol. The second-order valence-electron chi connectivity index (χ2n) is 5.40. The molecule has 2 heterocycles. The third-order valence-corrected chi connectivity index (χ3v) is 3.41. The molecule has 0 saturated heterocycles. The number of aromatic nitrogens is 2. The molecule has 0 radical (unpaired) electrons. The normalized spacial score (nSPS) is 11.8. The first-order chi connectivity index (χ1) is 8.66. The van der Waals surface area contributed by atoms with E-state index >= 15 is 0 Å². The largest absolute Gasteiger partial charge is 0.303 e. The van der Waals surface area contributed by atoms with Crippen LogP contribution >= 0.6 is 0 Å². The number of hydrogen-bond donors (Lipinski definition) is 0. The Kier molecular flexibility index (Phi) is 2.58. The first-order valence-electron chi connectivity index (χ1n) is 6.51. The molecule has 0 fully saturated rings. The van der Waals surface area contributed by atoms with Crippen LogP contribution in [0.2, 0.25) is 0 Å². The van der Waals surface area contributed by atoms with Crippen molar-refractivity contribution in [1.29, 1.82) is 0 Å². The van der Waals surface area contributed by atoms with Crippen molar-refractivity contribution >= 4 is 16.4 Å². The minimum atomic E-state index is 0.650. The van der Waals surface area contributed by atoms with Crippen LogP contribution in [0.15, 0.2) is 36.7 Å². The molecule has 18 heavy (non-hydrogen) atoms. The first-order valence-corrected chi connectivity index (χ1v) is 6.51. The van der Waals surface area contributed by atoms with E-state index in [4.69, 9.17) is 0 Å². The van der Waals surface area contributed by atoms with E-state index in [1.54, 1.807) is 0 Å². The highest BCUT2D eigenvalue weighted by molar-refractivity contribution is 5.95. The number of imidazole rings is 1. The second-order valence-corrected chi connectivity index (χ2v) is 5.40. The molecule has 2 aromatic heterocycles. The van der Waals surface area contributed by atoms with Crippen molar-refractivity contribution in [2.45, 2.75) is 27.2 Å². The SMILES string of the molecule is Cc1cn2c(CC(C)C)cnc2c2ccccc12. The van der Waals surface area contributed by atoms with Crippen molar-refractivity contribution in [3.63, 3.8) is 0 Å². The molecule has 0 aliphatic rings. The van der Waals surface area contributed by atoms with Crippen LogP contribution in [-0.2, 0) is 6.42 Å². The van der Waals surface area contributed by atoms with Gasteiger partial charge in [-0.05, 0) is 30.2 Å². The van der Waals surface area contributed by atoms with Crippen molar-refractivity contribution in [3.05, 3.63) is 47.9 Å². The molecule has 0 saturated carbocycles. The summed E-state index contributed by atoms with van der Waals surface area (Å²) >= 11 is 0. The Labute approximate surface area is 107 Å². The number of aryl methyl sites for hydroxylation is 1. The predicted molar refractivity (Wildman–Crippen MR) is 76.0 cm³/mol. The molecule has 0 bridgehead atoms. The van der Waals surface area contributed by atoms with Gasteiger partial charge in [-0.1, -0.05) is 38.1 Å². The lowest BCUT2D eigenvalue weighted by Gasteiger charge is -2.08. The standard InChI is InChI=1S/C16H18N2/c1-11(2)8-13-9-17-16-15-7-5-4-6-14(15)12(3)10-18(13)16/h4-7,9-11H,8H2,1-3H3. The fourth-order valence-corrected chi connectivity index (χ4v) is 2.59. The molecule has 0 atom stereocenters.